The Morgan fingerprint density at radius 3 is 2.10 bits per heavy atom. The van der Waals surface area contributed by atoms with E-state index in [0.717, 1.165) is 55.1 Å². The SMILES string of the molecule is CCCC(Cc1cc(-c2ccc([N+](=O)[O-])c(CC(N)CC=O)c2)ccc1CCc1ccccc1)OCc1ccccc1. The minimum atomic E-state index is -0.469. The van der Waals surface area contributed by atoms with E-state index in [9.17, 15) is 14.9 Å². The van der Waals surface area contributed by atoms with Gasteiger partial charge in [-0.25, -0.2) is 0 Å². The Morgan fingerprint density at radius 1 is 0.810 bits per heavy atom. The molecule has 2 N–H and O–H groups in total. The second-order valence-corrected chi connectivity index (χ2v) is 10.8. The zero-order valence-corrected chi connectivity index (χ0v) is 24.3. The number of nitro groups is 1. The highest BCUT2D eigenvalue weighted by Crippen LogP contribution is 2.30. The molecule has 2 unspecified atom stereocenters. The van der Waals surface area contributed by atoms with Crippen LogP contribution in [-0.4, -0.2) is 23.4 Å². The van der Waals surface area contributed by atoms with Gasteiger partial charge in [0.1, 0.15) is 6.29 Å². The first kappa shape index (κ1) is 30.8. The molecule has 0 saturated heterocycles. The van der Waals surface area contributed by atoms with Crippen LogP contribution >= 0.6 is 0 Å². The molecule has 6 nitrogen and oxygen atoms in total. The van der Waals surface area contributed by atoms with Gasteiger partial charge in [-0.1, -0.05) is 92.2 Å². The zero-order valence-electron chi connectivity index (χ0n) is 24.3. The largest absolute Gasteiger partial charge is 0.373 e. The summed E-state index contributed by atoms with van der Waals surface area (Å²) in [7, 11) is 0. The van der Waals surface area contributed by atoms with Crippen LogP contribution in [0.4, 0.5) is 5.69 Å². The van der Waals surface area contributed by atoms with Crippen LogP contribution in [0.25, 0.3) is 11.1 Å². The molecule has 0 heterocycles. The zero-order chi connectivity index (χ0) is 29.7. The lowest BCUT2D eigenvalue weighted by Crippen LogP contribution is -2.23. The fraction of sp³-hybridized carbons (Fsp3) is 0.306. The molecule has 2 atom stereocenters. The number of aryl methyl sites for hydroxylation is 2. The smallest absolute Gasteiger partial charge is 0.272 e. The van der Waals surface area contributed by atoms with Crippen LogP contribution in [0.2, 0.25) is 0 Å². The van der Waals surface area contributed by atoms with Crippen molar-refractivity contribution in [3.8, 4) is 11.1 Å². The minimum Gasteiger partial charge on any atom is -0.373 e. The average molecular weight is 565 g/mol. The van der Waals surface area contributed by atoms with Gasteiger partial charge in [-0.05, 0) is 77.6 Å². The fourth-order valence-corrected chi connectivity index (χ4v) is 5.36. The monoisotopic (exact) mass is 564 g/mol. The van der Waals surface area contributed by atoms with Crippen molar-refractivity contribution in [1.82, 2.24) is 0 Å². The average Bonchev–Trinajstić information content (AvgIpc) is 3.00. The molecule has 42 heavy (non-hydrogen) atoms. The summed E-state index contributed by atoms with van der Waals surface area (Å²) in [5, 5.41) is 11.7. The highest BCUT2D eigenvalue weighted by Gasteiger charge is 2.19. The van der Waals surface area contributed by atoms with E-state index in [1.54, 1.807) is 12.1 Å². The van der Waals surface area contributed by atoms with Gasteiger partial charge < -0.3 is 15.3 Å². The van der Waals surface area contributed by atoms with Gasteiger partial charge in [0.2, 0.25) is 0 Å². The first-order valence-corrected chi connectivity index (χ1v) is 14.7. The molecule has 0 fully saturated rings. The molecule has 4 aromatic carbocycles. The van der Waals surface area contributed by atoms with Crippen molar-refractivity contribution in [2.75, 3.05) is 0 Å². The Bertz CT molecular complexity index is 1440. The number of nitrogens with two attached hydrogens (primary N) is 1. The molecular formula is C36H40N2O4. The highest BCUT2D eigenvalue weighted by atomic mass is 16.6. The van der Waals surface area contributed by atoms with E-state index in [1.807, 2.05) is 30.3 Å². The predicted octanol–water partition coefficient (Wildman–Crippen LogP) is 7.43. The van der Waals surface area contributed by atoms with E-state index < -0.39 is 6.04 Å². The number of nitrogens with zero attached hydrogens (tertiary/aromatic N) is 1. The second-order valence-electron chi connectivity index (χ2n) is 10.8. The maximum absolute atomic E-state index is 11.7. The molecule has 0 bridgehead atoms. The van der Waals surface area contributed by atoms with Crippen molar-refractivity contribution >= 4 is 12.0 Å². The van der Waals surface area contributed by atoms with E-state index in [-0.39, 0.29) is 29.6 Å². The predicted molar refractivity (Wildman–Crippen MR) is 168 cm³/mol. The second kappa shape index (κ2) is 15.8. The molecule has 0 aromatic heterocycles. The van der Waals surface area contributed by atoms with E-state index in [4.69, 9.17) is 10.5 Å². The first-order valence-electron chi connectivity index (χ1n) is 14.7. The van der Waals surface area contributed by atoms with E-state index >= 15 is 0 Å². The molecule has 0 aliphatic heterocycles. The lowest BCUT2D eigenvalue weighted by atomic mass is 9.90. The van der Waals surface area contributed by atoms with Crippen LogP contribution in [0, 0.1) is 10.1 Å². The van der Waals surface area contributed by atoms with Gasteiger partial charge in [-0.2, -0.15) is 0 Å². The molecule has 4 aromatic rings. The van der Waals surface area contributed by atoms with Gasteiger partial charge in [0, 0.05) is 24.1 Å². The topological polar surface area (TPSA) is 95.5 Å². The third kappa shape index (κ3) is 8.93. The lowest BCUT2D eigenvalue weighted by molar-refractivity contribution is -0.385. The maximum atomic E-state index is 11.7. The summed E-state index contributed by atoms with van der Waals surface area (Å²) in [6, 6.07) is 32.0. The van der Waals surface area contributed by atoms with Crippen molar-refractivity contribution in [3.63, 3.8) is 0 Å². The summed E-state index contributed by atoms with van der Waals surface area (Å²) in [6.45, 7) is 2.75. The number of nitro benzene ring substituents is 1. The molecule has 0 spiro atoms. The van der Waals surface area contributed by atoms with Crippen molar-refractivity contribution in [1.29, 1.82) is 0 Å². The minimum absolute atomic E-state index is 0.0251. The van der Waals surface area contributed by atoms with Gasteiger partial charge in [0.25, 0.3) is 5.69 Å². The molecular weight excluding hydrogens is 524 g/mol. The number of carbonyl (C=O) groups excluding carboxylic acids is 1. The molecule has 0 amide bonds. The molecule has 6 heteroatoms. The Labute approximate surface area is 248 Å². The van der Waals surface area contributed by atoms with Crippen LogP contribution < -0.4 is 5.73 Å². The summed E-state index contributed by atoms with van der Waals surface area (Å²) in [5.41, 5.74) is 13.5. The summed E-state index contributed by atoms with van der Waals surface area (Å²) >= 11 is 0. The normalized spacial score (nSPS) is 12.5. The summed E-state index contributed by atoms with van der Waals surface area (Å²) in [6.07, 6.45) is 5.83. The van der Waals surface area contributed by atoms with Crippen molar-refractivity contribution in [2.45, 2.75) is 70.6 Å². The van der Waals surface area contributed by atoms with E-state index in [1.165, 1.54) is 16.7 Å². The maximum Gasteiger partial charge on any atom is 0.272 e. The molecule has 218 valence electrons. The Balaban J connectivity index is 1.65. The summed E-state index contributed by atoms with van der Waals surface area (Å²) in [4.78, 5) is 22.3. The van der Waals surface area contributed by atoms with Crippen LogP contribution in [0.1, 0.15) is 54.0 Å². The molecule has 4 rings (SSSR count). The van der Waals surface area contributed by atoms with Gasteiger partial charge in [0.05, 0.1) is 17.6 Å². The first-order chi connectivity index (χ1) is 20.5. The number of ether oxygens (including phenoxy) is 1. The molecule has 0 aliphatic carbocycles. The number of hydrogen-bond donors (Lipinski definition) is 1. The fourth-order valence-electron chi connectivity index (χ4n) is 5.36. The number of benzene rings is 4. The third-order valence-corrected chi connectivity index (χ3v) is 7.61. The van der Waals surface area contributed by atoms with Crippen LogP contribution in [0.5, 0.6) is 0 Å². The van der Waals surface area contributed by atoms with Crippen molar-refractivity contribution in [2.24, 2.45) is 5.73 Å². The molecule has 0 aliphatic rings. The lowest BCUT2D eigenvalue weighted by Gasteiger charge is -2.21. The van der Waals surface area contributed by atoms with E-state index in [0.29, 0.717) is 12.2 Å². The van der Waals surface area contributed by atoms with Gasteiger partial charge >= 0.3 is 0 Å². The van der Waals surface area contributed by atoms with Gasteiger partial charge in [-0.3, -0.25) is 10.1 Å². The number of carbonyl (C=O) groups is 1. The van der Waals surface area contributed by atoms with Gasteiger partial charge in [0.15, 0.2) is 0 Å². The Hall–Kier alpha value is -4.13. The number of rotatable bonds is 16. The van der Waals surface area contributed by atoms with E-state index in [2.05, 4.69) is 61.5 Å². The van der Waals surface area contributed by atoms with Crippen LogP contribution in [0.3, 0.4) is 0 Å². The molecule has 0 radical (unpaired) electrons. The Morgan fingerprint density at radius 2 is 1.45 bits per heavy atom. The number of hydrogen-bond acceptors (Lipinski definition) is 5. The van der Waals surface area contributed by atoms with Crippen LogP contribution in [-0.2, 0) is 41.8 Å². The molecule has 0 saturated carbocycles. The standard InChI is InChI=1S/C36H40N2O4/c1-2-9-35(42-26-28-12-7-4-8-13-28)25-32-22-30(17-16-29(32)15-14-27-10-5-3-6-11-27)31-18-19-36(38(40)41)33(23-31)24-34(37)20-21-39/h3-8,10-13,16-19,21-23,34-35H,2,9,14-15,20,24-26,37H2,1H3. The highest BCUT2D eigenvalue weighted by molar-refractivity contribution is 5.68. The van der Waals surface area contributed by atoms with Crippen molar-refractivity contribution < 1.29 is 14.5 Å². The van der Waals surface area contributed by atoms with Crippen LogP contribution in [0.15, 0.2) is 97.1 Å². The third-order valence-electron chi connectivity index (χ3n) is 7.61. The summed E-state index contributed by atoms with van der Waals surface area (Å²) in [5.74, 6) is 0. The summed E-state index contributed by atoms with van der Waals surface area (Å²) < 4.78 is 6.45. The van der Waals surface area contributed by atoms with Crippen molar-refractivity contribution in [3.05, 3.63) is 135 Å². The Kier molecular flexibility index (Phi) is 11.6. The van der Waals surface area contributed by atoms with Gasteiger partial charge in [-0.15, -0.1) is 0 Å². The quantitative estimate of drug-likeness (QED) is 0.0867. The number of aldehydes is 1.